The van der Waals surface area contributed by atoms with E-state index in [9.17, 15) is 18.0 Å². The van der Waals surface area contributed by atoms with Crippen molar-refractivity contribution in [3.05, 3.63) is 16.1 Å². The lowest BCUT2D eigenvalue weighted by molar-refractivity contribution is -0.140. The molecule has 0 aromatic carbocycles. The molecular weight excluding hydrogens is 510 g/mol. The number of hydrogen-bond acceptors (Lipinski definition) is 5. The molecule has 1 atom stereocenters. The maximum Gasteiger partial charge on any atom is 0.434 e. The van der Waals surface area contributed by atoms with Gasteiger partial charge in [-0.2, -0.15) is 13.2 Å². The van der Waals surface area contributed by atoms with E-state index in [0.717, 1.165) is 29.7 Å². The molecule has 12 heteroatoms. The molecule has 1 amide bonds. The fourth-order valence-corrected chi connectivity index (χ4v) is 3.10. The minimum atomic E-state index is -4.42. The number of halogens is 4. The quantitative estimate of drug-likeness (QED) is 0.317. The van der Waals surface area contributed by atoms with Crippen LogP contribution in [-0.2, 0) is 22.1 Å². The van der Waals surface area contributed by atoms with E-state index in [1.54, 1.807) is 14.1 Å². The van der Waals surface area contributed by atoms with Crippen molar-refractivity contribution in [3.8, 4) is 0 Å². The van der Waals surface area contributed by atoms with Gasteiger partial charge in [0.05, 0.1) is 11.6 Å². The van der Waals surface area contributed by atoms with Gasteiger partial charge in [-0.3, -0.25) is 4.79 Å². The number of nitrogens with zero attached hydrogens (tertiary/aromatic N) is 3. The Hall–Kier alpha value is -1.15. The van der Waals surface area contributed by atoms with E-state index in [0.29, 0.717) is 43.0 Å². The highest BCUT2D eigenvalue weighted by Crippen LogP contribution is 2.29. The number of rotatable bonds is 7. The molecule has 1 aliphatic rings. The van der Waals surface area contributed by atoms with Crippen LogP contribution in [0.15, 0.2) is 10.4 Å². The highest BCUT2D eigenvalue weighted by molar-refractivity contribution is 14.0. The molecule has 28 heavy (non-hydrogen) atoms. The minimum absolute atomic E-state index is 0. The van der Waals surface area contributed by atoms with Gasteiger partial charge in [0.1, 0.15) is 6.54 Å². The Morgan fingerprint density at radius 2 is 2.18 bits per heavy atom. The molecule has 1 aromatic heterocycles. The predicted octanol–water partition coefficient (Wildman–Crippen LogP) is 1.98. The lowest BCUT2D eigenvalue weighted by Gasteiger charge is -2.15. The molecule has 1 saturated heterocycles. The van der Waals surface area contributed by atoms with Gasteiger partial charge < -0.3 is 20.3 Å². The number of likely N-dealkylation sites (N-methyl/N-ethyl adjacent to an activating group) is 1. The minimum Gasteiger partial charge on any atom is -0.381 e. The van der Waals surface area contributed by atoms with E-state index in [4.69, 9.17) is 4.74 Å². The summed E-state index contributed by atoms with van der Waals surface area (Å²) < 4.78 is 43.1. The molecule has 0 bridgehead atoms. The Morgan fingerprint density at radius 1 is 1.43 bits per heavy atom. The van der Waals surface area contributed by atoms with Crippen LogP contribution < -0.4 is 10.6 Å². The topological polar surface area (TPSA) is 78.9 Å². The smallest absolute Gasteiger partial charge is 0.381 e. The molecule has 0 saturated carbocycles. The summed E-state index contributed by atoms with van der Waals surface area (Å²) in [5, 5.41) is 7.61. The van der Waals surface area contributed by atoms with Gasteiger partial charge in [-0.1, -0.05) is 0 Å². The maximum absolute atomic E-state index is 12.6. The molecule has 1 unspecified atom stereocenters. The molecule has 160 valence electrons. The number of carbonyl (C=O) groups is 1. The van der Waals surface area contributed by atoms with Gasteiger partial charge in [0.15, 0.2) is 11.7 Å². The highest BCUT2D eigenvalue weighted by Gasteiger charge is 2.33. The molecular formula is C16H25F3IN5O2S. The fraction of sp³-hybridized carbons (Fsp3) is 0.688. The van der Waals surface area contributed by atoms with Crippen LogP contribution in [0.5, 0.6) is 0 Å². The van der Waals surface area contributed by atoms with Crippen molar-refractivity contribution in [2.45, 2.75) is 19.0 Å². The number of nitrogens with one attached hydrogen (secondary N) is 2. The number of hydrogen-bond donors (Lipinski definition) is 2. The summed E-state index contributed by atoms with van der Waals surface area (Å²) in [6.45, 7) is 2.40. The molecule has 1 fully saturated rings. The van der Waals surface area contributed by atoms with Gasteiger partial charge in [0.25, 0.3) is 0 Å². The number of guanidine groups is 1. The zero-order chi connectivity index (χ0) is 19.9. The van der Waals surface area contributed by atoms with Crippen molar-refractivity contribution in [1.82, 2.24) is 20.5 Å². The summed E-state index contributed by atoms with van der Waals surface area (Å²) in [4.78, 5) is 21.0. The zero-order valence-corrected chi connectivity index (χ0v) is 18.9. The lowest BCUT2D eigenvalue weighted by atomic mass is 10.1. The summed E-state index contributed by atoms with van der Waals surface area (Å²) in [5.41, 5.74) is -0.868. The molecule has 7 nitrogen and oxygen atoms in total. The third kappa shape index (κ3) is 8.47. The molecule has 0 radical (unpaired) electrons. The Labute approximate surface area is 183 Å². The second-order valence-corrected chi connectivity index (χ2v) is 7.31. The van der Waals surface area contributed by atoms with E-state index < -0.39 is 11.9 Å². The summed E-state index contributed by atoms with van der Waals surface area (Å²) >= 11 is 0.975. The van der Waals surface area contributed by atoms with Crippen LogP contribution in [0.4, 0.5) is 13.2 Å². The van der Waals surface area contributed by atoms with Gasteiger partial charge in [-0.25, -0.2) is 9.98 Å². The van der Waals surface area contributed by atoms with Crippen molar-refractivity contribution in [1.29, 1.82) is 0 Å². The molecule has 0 aliphatic carbocycles. The SMILES string of the molecule is CN(C)C(=O)CN=C(NCCc1nc(C(F)(F)F)cs1)NCC1CCOC1.I. The number of thiazole rings is 1. The molecule has 2 rings (SSSR count). The van der Waals surface area contributed by atoms with Gasteiger partial charge in [0, 0.05) is 51.5 Å². The molecule has 0 spiro atoms. The van der Waals surface area contributed by atoms with Crippen molar-refractivity contribution >= 4 is 47.2 Å². The molecule has 1 aromatic rings. The maximum atomic E-state index is 12.6. The number of amides is 1. The first-order chi connectivity index (χ1) is 12.8. The summed E-state index contributed by atoms with van der Waals surface area (Å²) in [5.74, 6) is 0.676. The predicted molar refractivity (Wildman–Crippen MR) is 112 cm³/mol. The van der Waals surface area contributed by atoms with Crippen molar-refractivity contribution in [3.63, 3.8) is 0 Å². The van der Waals surface area contributed by atoms with Crippen LogP contribution in [0.1, 0.15) is 17.1 Å². The Balaban J connectivity index is 0.00000392. The number of alkyl halides is 3. The van der Waals surface area contributed by atoms with E-state index in [-0.39, 0.29) is 36.4 Å². The Kier molecular flexibility index (Phi) is 10.4. The number of ether oxygens (including phenoxy) is 1. The van der Waals surface area contributed by atoms with Gasteiger partial charge in [-0.15, -0.1) is 35.3 Å². The molecule has 2 heterocycles. The first kappa shape index (κ1) is 24.9. The van der Waals surface area contributed by atoms with Gasteiger partial charge in [-0.05, 0) is 6.42 Å². The molecule has 1 aliphatic heterocycles. The average Bonchev–Trinajstić information content (AvgIpc) is 3.27. The van der Waals surface area contributed by atoms with Crippen LogP contribution in [0.3, 0.4) is 0 Å². The number of aromatic nitrogens is 1. The first-order valence-electron chi connectivity index (χ1n) is 8.57. The number of aliphatic imine (C=N–C) groups is 1. The van der Waals surface area contributed by atoms with Gasteiger partial charge in [0.2, 0.25) is 5.91 Å². The van der Waals surface area contributed by atoms with Crippen molar-refractivity contribution < 1.29 is 22.7 Å². The van der Waals surface area contributed by atoms with Crippen molar-refractivity contribution in [2.24, 2.45) is 10.9 Å². The van der Waals surface area contributed by atoms with Gasteiger partial charge >= 0.3 is 6.18 Å². The summed E-state index contributed by atoms with van der Waals surface area (Å²) in [6, 6.07) is 0. The Morgan fingerprint density at radius 3 is 2.75 bits per heavy atom. The standard InChI is InChI=1S/C16H24F3N5O2S.HI/c1-24(2)14(25)8-22-15(21-7-11-4-6-26-9-11)20-5-3-13-23-12(10-27-13)16(17,18)19;/h10-11H,3-9H2,1-2H3,(H2,20,21,22);1H. The van der Waals surface area contributed by atoms with E-state index in [2.05, 4.69) is 20.6 Å². The van der Waals surface area contributed by atoms with E-state index in [1.807, 2.05) is 0 Å². The van der Waals surface area contributed by atoms with E-state index >= 15 is 0 Å². The van der Waals surface area contributed by atoms with Crippen molar-refractivity contribution in [2.75, 3.05) is 46.9 Å². The number of carbonyl (C=O) groups excluding carboxylic acids is 1. The first-order valence-corrected chi connectivity index (χ1v) is 9.45. The lowest BCUT2D eigenvalue weighted by Crippen LogP contribution is -2.41. The Bertz CT molecular complexity index is 648. The third-order valence-corrected chi connectivity index (χ3v) is 4.84. The average molecular weight is 535 g/mol. The van der Waals surface area contributed by atoms with Crippen LogP contribution >= 0.6 is 35.3 Å². The highest BCUT2D eigenvalue weighted by atomic mass is 127. The van der Waals surface area contributed by atoms with Crippen LogP contribution in [-0.4, -0.2) is 68.7 Å². The monoisotopic (exact) mass is 535 g/mol. The van der Waals surface area contributed by atoms with Crippen LogP contribution in [0.2, 0.25) is 0 Å². The van der Waals surface area contributed by atoms with Crippen LogP contribution in [0.25, 0.3) is 0 Å². The fourth-order valence-electron chi connectivity index (χ4n) is 2.29. The second kappa shape index (κ2) is 11.8. The molecule has 2 N–H and O–H groups in total. The summed E-state index contributed by atoms with van der Waals surface area (Å²) in [7, 11) is 3.30. The normalized spacial score (nSPS) is 17.2. The largest absolute Gasteiger partial charge is 0.434 e. The second-order valence-electron chi connectivity index (χ2n) is 6.36. The van der Waals surface area contributed by atoms with Crippen LogP contribution in [0, 0.1) is 5.92 Å². The van der Waals surface area contributed by atoms with E-state index in [1.165, 1.54) is 4.90 Å². The third-order valence-electron chi connectivity index (χ3n) is 3.93. The zero-order valence-electron chi connectivity index (χ0n) is 15.7. The summed E-state index contributed by atoms with van der Waals surface area (Å²) in [6.07, 6.45) is -3.14.